The quantitative estimate of drug-likeness (QED) is 0.926. The summed E-state index contributed by atoms with van der Waals surface area (Å²) in [6.45, 7) is 7.82. The van der Waals surface area contributed by atoms with E-state index in [-0.39, 0.29) is 17.2 Å². The molecule has 0 aromatic heterocycles. The van der Waals surface area contributed by atoms with E-state index >= 15 is 0 Å². The number of benzene rings is 1. The lowest BCUT2D eigenvalue weighted by Gasteiger charge is -2.35. The molecular formula is C18H27NO2. The van der Waals surface area contributed by atoms with E-state index in [2.05, 4.69) is 20.8 Å². The van der Waals surface area contributed by atoms with Gasteiger partial charge in [-0.15, -0.1) is 0 Å². The van der Waals surface area contributed by atoms with Crippen molar-refractivity contribution < 1.29 is 9.90 Å². The van der Waals surface area contributed by atoms with E-state index in [0.29, 0.717) is 6.42 Å². The highest BCUT2D eigenvalue weighted by molar-refractivity contribution is 5.76. The van der Waals surface area contributed by atoms with Gasteiger partial charge in [0, 0.05) is 19.5 Å². The number of hydrogen-bond donors (Lipinski definition) is 1. The van der Waals surface area contributed by atoms with E-state index in [0.717, 1.165) is 31.5 Å². The van der Waals surface area contributed by atoms with E-state index in [4.69, 9.17) is 0 Å². The molecule has 1 aliphatic rings. The number of carbonyl (C=O) groups is 1. The summed E-state index contributed by atoms with van der Waals surface area (Å²) < 4.78 is 0. The van der Waals surface area contributed by atoms with Gasteiger partial charge in [0.25, 0.3) is 0 Å². The number of hydrogen-bond acceptors (Lipinski definition) is 2. The second-order valence-corrected chi connectivity index (χ2v) is 7.31. The first-order valence-electron chi connectivity index (χ1n) is 7.87. The SMILES string of the molecule is CC(C)(C)CC(=O)N1CCC([C@H](O)c2ccccc2)CC1. The summed E-state index contributed by atoms with van der Waals surface area (Å²) in [5.74, 6) is 0.501. The van der Waals surface area contributed by atoms with Crippen LogP contribution in [0.1, 0.15) is 51.7 Å². The molecule has 1 aromatic carbocycles. The monoisotopic (exact) mass is 289 g/mol. The highest BCUT2D eigenvalue weighted by Gasteiger charge is 2.29. The standard InChI is InChI=1S/C18H27NO2/c1-18(2,3)13-16(20)19-11-9-15(10-12-19)17(21)14-7-5-4-6-8-14/h4-8,15,17,21H,9-13H2,1-3H3/t17-/m1/s1. The van der Waals surface area contributed by atoms with Gasteiger partial charge in [-0.05, 0) is 29.7 Å². The number of nitrogens with zero attached hydrogens (tertiary/aromatic N) is 1. The summed E-state index contributed by atoms with van der Waals surface area (Å²) in [7, 11) is 0. The Balaban J connectivity index is 1.87. The van der Waals surface area contributed by atoms with Gasteiger partial charge in [-0.1, -0.05) is 51.1 Å². The minimum absolute atomic E-state index is 0.0392. The fraction of sp³-hybridized carbons (Fsp3) is 0.611. The fourth-order valence-corrected chi connectivity index (χ4v) is 2.95. The van der Waals surface area contributed by atoms with Crippen molar-refractivity contribution in [3.63, 3.8) is 0 Å². The summed E-state index contributed by atoms with van der Waals surface area (Å²) in [5.41, 5.74) is 1.02. The number of rotatable bonds is 3. The van der Waals surface area contributed by atoms with E-state index < -0.39 is 6.10 Å². The molecule has 1 heterocycles. The van der Waals surface area contributed by atoms with Crippen LogP contribution in [-0.2, 0) is 4.79 Å². The van der Waals surface area contributed by atoms with Crippen LogP contribution in [0.5, 0.6) is 0 Å². The third-order valence-corrected chi connectivity index (χ3v) is 4.16. The molecule has 0 saturated carbocycles. The van der Waals surface area contributed by atoms with Crippen molar-refractivity contribution in [1.29, 1.82) is 0 Å². The fourth-order valence-electron chi connectivity index (χ4n) is 2.95. The van der Waals surface area contributed by atoms with Crippen molar-refractivity contribution in [2.24, 2.45) is 11.3 Å². The van der Waals surface area contributed by atoms with Crippen LogP contribution in [0.3, 0.4) is 0 Å². The molecule has 0 bridgehead atoms. The van der Waals surface area contributed by atoms with Crippen molar-refractivity contribution in [3.8, 4) is 0 Å². The van der Waals surface area contributed by atoms with Crippen LogP contribution in [-0.4, -0.2) is 29.0 Å². The molecule has 116 valence electrons. The molecule has 1 fully saturated rings. The molecule has 1 aliphatic heterocycles. The molecular weight excluding hydrogens is 262 g/mol. The van der Waals surface area contributed by atoms with Gasteiger partial charge in [-0.2, -0.15) is 0 Å². The van der Waals surface area contributed by atoms with Crippen molar-refractivity contribution >= 4 is 5.91 Å². The number of likely N-dealkylation sites (tertiary alicyclic amines) is 1. The molecule has 3 nitrogen and oxygen atoms in total. The first-order valence-corrected chi connectivity index (χ1v) is 7.87. The van der Waals surface area contributed by atoms with Crippen molar-refractivity contribution in [1.82, 2.24) is 4.90 Å². The first kappa shape index (κ1) is 16.0. The number of amides is 1. The maximum Gasteiger partial charge on any atom is 0.223 e. The number of aliphatic hydroxyl groups excluding tert-OH is 1. The second-order valence-electron chi connectivity index (χ2n) is 7.31. The topological polar surface area (TPSA) is 40.5 Å². The molecule has 1 aromatic rings. The second kappa shape index (κ2) is 6.61. The average Bonchev–Trinajstić information content (AvgIpc) is 2.46. The zero-order valence-electron chi connectivity index (χ0n) is 13.4. The Morgan fingerprint density at radius 2 is 1.81 bits per heavy atom. The third-order valence-electron chi connectivity index (χ3n) is 4.16. The summed E-state index contributed by atoms with van der Waals surface area (Å²) in [4.78, 5) is 14.2. The van der Waals surface area contributed by atoms with E-state index in [1.165, 1.54) is 0 Å². The lowest BCUT2D eigenvalue weighted by molar-refractivity contribution is -0.135. The molecule has 0 aliphatic carbocycles. The normalized spacial score (nSPS) is 18.6. The smallest absolute Gasteiger partial charge is 0.223 e. The van der Waals surface area contributed by atoms with Gasteiger partial charge in [0.05, 0.1) is 6.10 Å². The largest absolute Gasteiger partial charge is 0.388 e. The van der Waals surface area contributed by atoms with Gasteiger partial charge in [0.15, 0.2) is 0 Å². The maximum atomic E-state index is 12.2. The minimum Gasteiger partial charge on any atom is -0.388 e. The van der Waals surface area contributed by atoms with Crippen molar-refractivity contribution in [2.45, 2.75) is 46.1 Å². The molecule has 0 spiro atoms. The summed E-state index contributed by atoms with van der Waals surface area (Å²) in [6, 6.07) is 9.83. The number of aliphatic hydroxyl groups is 1. The van der Waals surface area contributed by atoms with Crippen LogP contribution in [0, 0.1) is 11.3 Å². The van der Waals surface area contributed by atoms with Crippen LogP contribution >= 0.6 is 0 Å². The Kier molecular flexibility index (Phi) is 5.04. The van der Waals surface area contributed by atoms with Gasteiger partial charge in [0.1, 0.15) is 0 Å². The van der Waals surface area contributed by atoms with E-state index in [1.807, 2.05) is 35.2 Å². The molecule has 1 N–H and O–H groups in total. The molecule has 2 rings (SSSR count). The van der Waals surface area contributed by atoms with E-state index in [1.54, 1.807) is 0 Å². The highest BCUT2D eigenvalue weighted by atomic mass is 16.3. The Hall–Kier alpha value is -1.35. The van der Waals surface area contributed by atoms with E-state index in [9.17, 15) is 9.90 Å². The van der Waals surface area contributed by atoms with Crippen LogP contribution < -0.4 is 0 Å². The van der Waals surface area contributed by atoms with Gasteiger partial charge < -0.3 is 10.0 Å². The Bertz CT molecular complexity index is 456. The van der Waals surface area contributed by atoms with Crippen molar-refractivity contribution in [2.75, 3.05) is 13.1 Å². The predicted molar refractivity (Wildman–Crippen MR) is 84.8 cm³/mol. The molecule has 1 saturated heterocycles. The van der Waals surface area contributed by atoms with Crippen molar-refractivity contribution in [3.05, 3.63) is 35.9 Å². The molecule has 1 atom stereocenters. The van der Waals surface area contributed by atoms with Crippen LogP contribution in [0.25, 0.3) is 0 Å². The third kappa shape index (κ3) is 4.57. The average molecular weight is 289 g/mol. The Morgan fingerprint density at radius 1 is 1.24 bits per heavy atom. The van der Waals surface area contributed by atoms with Gasteiger partial charge >= 0.3 is 0 Å². The predicted octanol–water partition coefficient (Wildman–Crippen LogP) is 3.39. The van der Waals surface area contributed by atoms with Gasteiger partial charge in [-0.25, -0.2) is 0 Å². The minimum atomic E-state index is -0.411. The molecule has 3 heteroatoms. The summed E-state index contributed by atoms with van der Waals surface area (Å²) in [5, 5.41) is 10.5. The lowest BCUT2D eigenvalue weighted by atomic mass is 9.86. The first-order chi connectivity index (χ1) is 9.87. The van der Waals surface area contributed by atoms with Gasteiger partial charge in [0.2, 0.25) is 5.91 Å². The summed E-state index contributed by atoms with van der Waals surface area (Å²) >= 11 is 0. The lowest BCUT2D eigenvalue weighted by Crippen LogP contribution is -2.41. The zero-order chi connectivity index (χ0) is 15.5. The zero-order valence-corrected chi connectivity index (χ0v) is 13.4. The van der Waals surface area contributed by atoms with Crippen LogP contribution in [0.2, 0.25) is 0 Å². The molecule has 0 unspecified atom stereocenters. The van der Waals surface area contributed by atoms with Crippen LogP contribution in [0.4, 0.5) is 0 Å². The molecule has 21 heavy (non-hydrogen) atoms. The Labute approximate surface area is 128 Å². The maximum absolute atomic E-state index is 12.2. The highest BCUT2D eigenvalue weighted by Crippen LogP contribution is 2.31. The Morgan fingerprint density at radius 3 is 2.33 bits per heavy atom. The molecule has 1 amide bonds. The molecule has 0 radical (unpaired) electrons. The van der Waals surface area contributed by atoms with Crippen LogP contribution in [0.15, 0.2) is 30.3 Å². The van der Waals surface area contributed by atoms with Gasteiger partial charge in [-0.3, -0.25) is 4.79 Å². The summed E-state index contributed by atoms with van der Waals surface area (Å²) in [6.07, 6.45) is 1.95. The number of carbonyl (C=O) groups excluding carboxylic acids is 1. The number of piperidine rings is 1.